The summed E-state index contributed by atoms with van der Waals surface area (Å²) >= 11 is 0. The van der Waals surface area contributed by atoms with E-state index in [1.807, 2.05) is 0 Å². The summed E-state index contributed by atoms with van der Waals surface area (Å²) in [5.74, 6) is 0.388. The fourth-order valence-electron chi connectivity index (χ4n) is 2.98. The summed E-state index contributed by atoms with van der Waals surface area (Å²) in [6.45, 7) is 0.480. The number of fused-ring (bicyclic) bond motifs is 1. The van der Waals surface area contributed by atoms with E-state index < -0.39 is 0 Å². The average Bonchev–Trinajstić information content (AvgIpc) is 3.13. The SMILES string of the molecule is NCC(NC(=O)c1cnn2ccncc12)C1CCCC1. The maximum Gasteiger partial charge on any atom is 0.255 e. The van der Waals surface area contributed by atoms with Crippen molar-refractivity contribution >= 4 is 11.4 Å². The van der Waals surface area contributed by atoms with Gasteiger partial charge in [0.2, 0.25) is 0 Å². The molecule has 0 spiro atoms. The highest BCUT2D eigenvalue weighted by molar-refractivity contribution is 6.00. The number of hydrogen-bond donors (Lipinski definition) is 2. The molecular weight excluding hydrogens is 254 g/mol. The molecule has 2 aromatic heterocycles. The van der Waals surface area contributed by atoms with Gasteiger partial charge in [0.25, 0.3) is 5.91 Å². The molecule has 3 rings (SSSR count). The standard InChI is InChI=1S/C14H19N5O/c15-7-12(10-3-1-2-4-10)18-14(20)11-8-17-19-6-5-16-9-13(11)19/h5-6,8-10,12H,1-4,7,15H2,(H,18,20). The number of nitrogens with zero attached hydrogens (tertiary/aromatic N) is 3. The van der Waals surface area contributed by atoms with Gasteiger partial charge >= 0.3 is 0 Å². The average molecular weight is 273 g/mol. The first-order valence-corrected chi connectivity index (χ1v) is 7.08. The van der Waals surface area contributed by atoms with E-state index in [2.05, 4.69) is 15.4 Å². The first kappa shape index (κ1) is 13.1. The predicted molar refractivity (Wildman–Crippen MR) is 75.3 cm³/mol. The van der Waals surface area contributed by atoms with Crippen molar-refractivity contribution in [3.8, 4) is 0 Å². The van der Waals surface area contributed by atoms with Crippen molar-refractivity contribution in [1.29, 1.82) is 0 Å². The van der Waals surface area contributed by atoms with Gasteiger partial charge in [-0.15, -0.1) is 0 Å². The lowest BCUT2D eigenvalue weighted by Crippen LogP contribution is -2.44. The molecule has 0 bridgehead atoms. The van der Waals surface area contributed by atoms with Gasteiger partial charge in [-0.1, -0.05) is 12.8 Å². The number of nitrogens with one attached hydrogen (secondary N) is 1. The number of nitrogens with two attached hydrogens (primary N) is 1. The van der Waals surface area contributed by atoms with E-state index in [0.717, 1.165) is 12.8 Å². The topological polar surface area (TPSA) is 85.3 Å². The Bertz CT molecular complexity index is 602. The monoisotopic (exact) mass is 273 g/mol. The Labute approximate surface area is 117 Å². The Morgan fingerprint density at radius 2 is 2.25 bits per heavy atom. The maximum absolute atomic E-state index is 12.4. The Morgan fingerprint density at radius 1 is 1.45 bits per heavy atom. The molecule has 2 heterocycles. The van der Waals surface area contributed by atoms with Gasteiger partial charge in [-0.3, -0.25) is 9.78 Å². The molecule has 6 heteroatoms. The largest absolute Gasteiger partial charge is 0.348 e. The summed E-state index contributed by atoms with van der Waals surface area (Å²) in [6.07, 6.45) is 11.4. The molecule has 20 heavy (non-hydrogen) atoms. The third kappa shape index (κ3) is 2.38. The summed E-state index contributed by atoms with van der Waals surface area (Å²) in [5, 5.41) is 7.21. The second-order valence-electron chi connectivity index (χ2n) is 5.32. The van der Waals surface area contributed by atoms with Crippen molar-refractivity contribution in [2.24, 2.45) is 11.7 Å². The molecule has 1 aliphatic carbocycles. The zero-order valence-electron chi connectivity index (χ0n) is 11.3. The molecule has 1 atom stereocenters. The molecule has 1 aliphatic rings. The smallest absolute Gasteiger partial charge is 0.255 e. The molecule has 6 nitrogen and oxygen atoms in total. The van der Waals surface area contributed by atoms with Gasteiger partial charge in [0.1, 0.15) is 0 Å². The second kappa shape index (κ2) is 5.58. The van der Waals surface area contributed by atoms with E-state index in [4.69, 9.17) is 5.73 Å². The van der Waals surface area contributed by atoms with E-state index >= 15 is 0 Å². The van der Waals surface area contributed by atoms with Crippen molar-refractivity contribution < 1.29 is 4.79 Å². The number of amides is 1. The lowest BCUT2D eigenvalue weighted by atomic mass is 9.98. The first-order chi connectivity index (χ1) is 9.79. The van der Waals surface area contributed by atoms with E-state index in [1.165, 1.54) is 12.8 Å². The normalized spacial score (nSPS) is 17.4. The van der Waals surface area contributed by atoms with Crippen molar-refractivity contribution in [1.82, 2.24) is 19.9 Å². The third-order valence-corrected chi connectivity index (χ3v) is 4.11. The molecule has 1 amide bonds. The van der Waals surface area contributed by atoms with E-state index in [1.54, 1.807) is 29.3 Å². The minimum atomic E-state index is -0.115. The van der Waals surface area contributed by atoms with Crippen molar-refractivity contribution in [2.75, 3.05) is 6.54 Å². The highest BCUT2D eigenvalue weighted by atomic mass is 16.1. The first-order valence-electron chi connectivity index (χ1n) is 7.08. The van der Waals surface area contributed by atoms with Crippen LogP contribution in [0.2, 0.25) is 0 Å². The van der Waals surface area contributed by atoms with Gasteiger partial charge in [0.05, 0.1) is 23.5 Å². The van der Waals surface area contributed by atoms with Crippen LogP contribution in [0.4, 0.5) is 0 Å². The molecule has 1 unspecified atom stereocenters. The molecule has 1 fully saturated rings. The van der Waals surface area contributed by atoms with Crippen LogP contribution >= 0.6 is 0 Å². The van der Waals surface area contributed by atoms with Crippen LogP contribution in [0.15, 0.2) is 24.8 Å². The Kier molecular flexibility index (Phi) is 3.64. The van der Waals surface area contributed by atoms with Gasteiger partial charge in [0.15, 0.2) is 0 Å². The Hall–Kier alpha value is -1.95. The van der Waals surface area contributed by atoms with Crippen molar-refractivity contribution in [3.63, 3.8) is 0 Å². The van der Waals surface area contributed by atoms with Crippen LogP contribution < -0.4 is 11.1 Å². The van der Waals surface area contributed by atoms with E-state index in [9.17, 15) is 4.79 Å². The highest BCUT2D eigenvalue weighted by Crippen LogP contribution is 2.27. The summed E-state index contributed by atoms with van der Waals surface area (Å²) in [7, 11) is 0. The second-order valence-corrected chi connectivity index (χ2v) is 5.32. The van der Waals surface area contributed by atoms with Crippen LogP contribution in [0.5, 0.6) is 0 Å². The van der Waals surface area contributed by atoms with Crippen LogP contribution in [0.3, 0.4) is 0 Å². The van der Waals surface area contributed by atoms with Gasteiger partial charge in [-0.25, -0.2) is 4.52 Å². The van der Waals surface area contributed by atoms with Gasteiger partial charge in [0, 0.05) is 25.0 Å². The van der Waals surface area contributed by atoms with E-state index in [-0.39, 0.29) is 11.9 Å². The fraction of sp³-hybridized carbons (Fsp3) is 0.500. The summed E-state index contributed by atoms with van der Waals surface area (Å²) < 4.78 is 1.65. The minimum absolute atomic E-state index is 0.0524. The van der Waals surface area contributed by atoms with Crippen molar-refractivity contribution in [3.05, 3.63) is 30.4 Å². The van der Waals surface area contributed by atoms with Crippen LogP contribution in [0, 0.1) is 5.92 Å². The molecule has 106 valence electrons. The van der Waals surface area contributed by atoms with Gasteiger partial charge in [-0.2, -0.15) is 5.10 Å². The lowest BCUT2D eigenvalue weighted by molar-refractivity contribution is 0.0926. The molecule has 2 aromatic rings. The quantitative estimate of drug-likeness (QED) is 0.869. The van der Waals surface area contributed by atoms with Crippen molar-refractivity contribution in [2.45, 2.75) is 31.7 Å². The molecule has 0 aliphatic heterocycles. The van der Waals surface area contributed by atoms with Gasteiger partial charge in [-0.05, 0) is 18.8 Å². The zero-order chi connectivity index (χ0) is 13.9. The zero-order valence-corrected chi connectivity index (χ0v) is 11.3. The van der Waals surface area contributed by atoms with Crippen LogP contribution in [0.1, 0.15) is 36.0 Å². The van der Waals surface area contributed by atoms with Crippen LogP contribution in [-0.4, -0.2) is 33.1 Å². The van der Waals surface area contributed by atoms with Gasteiger partial charge < -0.3 is 11.1 Å². The maximum atomic E-state index is 12.4. The molecule has 3 N–H and O–H groups in total. The summed E-state index contributed by atoms with van der Waals surface area (Å²) in [4.78, 5) is 16.4. The highest BCUT2D eigenvalue weighted by Gasteiger charge is 2.26. The van der Waals surface area contributed by atoms with E-state index in [0.29, 0.717) is 23.5 Å². The fourth-order valence-corrected chi connectivity index (χ4v) is 2.98. The molecule has 0 saturated heterocycles. The Balaban J connectivity index is 1.78. The molecule has 0 radical (unpaired) electrons. The molecule has 1 saturated carbocycles. The van der Waals surface area contributed by atoms with Crippen LogP contribution in [0.25, 0.3) is 5.52 Å². The summed E-state index contributed by atoms with van der Waals surface area (Å²) in [6, 6.07) is 0.0524. The lowest BCUT2D eigenvalue weighted by Gasteiger charge is -2.22. The number of aromatic nitrogens is 3. The molecule has 0 aromatic carbocycles. The number of rotatable bonds is 4. The van der Waals surface area contributed by atoms with Crippen LogP contribution in [-0.2, 0) is 0 Å². The number of hydrogen-bond acceptors (Lipinski definition) is 4. The summed E-state index contributed by atoms with van der Waals surface area (Å²) in [5.41, 5.74) is 7.08. The predicted octanol–water partition coefficient (Wildman–Crippen LogP) is 0.977. The number of carbonyl (C=O) groups excluding carboxylic acids is 1. The minimum Gasteiger partial charge on any atom is -0.348 e. The Morgan fingerprint density at radius 3 is 3.00 bits per heavy atom. The third-order valence-electron chi connectivity index (χ3n) is 4.11. The molecular formula is C14H19N5O. The number of carbonyl (C=O) groups is 1.